The first-order valence-corrected chi connectivity index (χ1v) is 5.21. The zero-order valence-corrected chi connectivity index (χ0v) is 9.56. The lowest BCUT2D eigenvalue weighted by molar-refractivity contribution is 0.304. The highest BCUT2D eigenvalue weighted by Gasteiger charge is 1.99. The van der Waals surface area contributed by atoms with Gasteiger partial charge in [0, 0.05) is 19.6 Å². The molecule has 0 amide bonds. The van der Waals surface area contributed by atoms with E-state index in [9.17, 15) is 0 Å². The van der Waals surface area contributed by atoms with Crippen LogP contribution in [0.25, 0.3) is 0 Å². The maximum absolute atomic E-state index is 3.18. The van der Waals surface area contributed by atoms with Gasteiger partial charge in [0.1, 0.15) is 0 Å². The molecule has 0 aliphatic carbocycles. The maximum Gasteiger partial charge on any atom is 0.0166 e. The molecule has 0 aromatic rings. The van der Waals surface area contributed by atoms with E-state index < -0.39 is 0 Å². The zero-order chi connectivity index (χ0) is 10.1. The number of hydrogen-bond acceptors (Lipinski definition) is 2. The van der Waals surface area contributed by atoms with Crippen LogP contribution < -0.4 is 5.32 Å². The molecular weight excluding hydrogens is 160 g/mol. The summed E-state index contributed by atoms with van der Waals surface area (Å²) in [7, 11) is 2.00. The fourth-order valence-corrected chi connectivity index (χ4v) is 1.19. The topological polar surface area (TPSA) is 15.3 Å². The molecule has 2 nitrogen and oxygen atoms in total. The Labute approximate surface area is 83.0 Å². The Kier molecular flexibility index (Phi) is 8.05. The SMILES string of the molecule is CCCN(CC=C(C)C)CCNC. The van der Waals surface area contributed by atoms with E-state index in [4.69, 9.17) is 0 Å². The molecule has 13 heavy (non-hydrogen) atoms. The average Bonchev–Trinajstić information content (AvgIpc) is 2.09. The fourth-order valence-electron chi connectivity index (χ4n) is 1.19. The van der Waals surface area contributed by atoms with Crippen molar-refractivity contribution in [2.75, 3.05) is 33.2 Å². The Balaban J connectivity index is 3.72. The summed E-state index contributed by atoms with van der Waals surface area (Å²) in [4.78, 5) is 2.48. The smallest absolute Gasteiger partial charge is 0.0166 e. The van der Waals surface area contributed by atoms with Gasteiger partial charge in [-0.05, 0) is 33.9 Å². The molecule has 0 aliphatic heterocycles. The predicted molar refractivity (Wildman–Crippen MR) is 60.1 cm³/mol. The molecule has 0 rings (SSSR count). The highest BCUT2D eigenvalue weighted by atomic mass is 15.1. The molecule has 0 aromatic carbocycles. The molecular formula is C11H24N2. The van der Waals surface area contributed by atoms with Gasteiger partial charge in [-0.25, -0.2) is 0 Å². The predicted octanol–water partition coefficient (Wildman–Crippen LogP) is 1.88. The molecule has 0 aromatic heterocycles. The lowest BCUT2D eigenvalue weighted by atomic mass is 10.3. The highest BCUT2D eigenvalue weighted by Crippen LogP contribution is 1.94. The van der Waals surface area contributed by atoms with Crippen molar-refractivity contribution in [3.05, 3.63) is 11.6 Å². The first-order chi connectivity index (χ1) is 6.20. The van der Waals surface area contributed by atoms with Crippen molar-refractivity contribution in [2.45, 2.75) is 27.2 Å². The van der Waals surface area contributed by atoms with Crippen molar-refractivity contribution >= 4 is 0 Å². The van der Waals surface area contributed by atoms with Gasteiger partial charge in [0.25, 0.3) is 0 Å². The summed E-state index contributed by atoms with van der Waals surface area (Å²) in [6.45, 7) is 11.1. The van der Waals surface area contributed by atoms with Gasteiger partial charge in [-0.2, -0.15) is 0 Å². The average molecular weight is 184 g/mol. The van der Waals surface area contributed by atoms with Crippen LogP contribution in [0.15, 0.2) is 11.6 Å². The summed E-state index contributed by atoms with van der Waals surface area (Å²) in [5, 5.41) is 3.18. The van der Waals surface area contributed by atoms with Gasteiger partial charge in [0.2, 0.25) is 0 Å². The van der Waals surface area contributed by atoms with E-state index in [2.05, 4.69) is 37.1 Å². The third-order valence-electron chi connectivity index (χ3n) is 1.98. The molecule has 0 saturated carbocycles. The van der Waals surface area contributed by atoms with Crippen LogP contribution in [0.3, 0.4) is 0 Å². The van der Waals surface area contributed by atoms with Crippen LogP contribution >= 0.6 is 0 Å². The first kappa shape index (κ1) is 12.7. The lowest BCUT2D eigenvalue weighted by Gasteiger charge is -2.19. The number of likely N-dealkylation sites (N-methyl/N-ethyl adjacent to an activating group) is 1. The van der Waals surface area contributed by atoms with Crippen LogP contribution in [0.5, 0.6) is 0 Å². The van der Waals surface area contributed by atoms with Gasteiger partial charge in [-0.15, -0.1) is 0 Å². The molecule has 0 heterocycles. The Morgan fingerprint density at radius 2 is 2.00 bits per heavy atom. The minimum Gasteiger partial charge on any atom is -0.318 e. The van der Waals surface area contributed by atoms with Crippen LogP contribution in [0.4, 0.5) is 0 Å². The van der Waals surface area contributed by atoms with E-state index in [0.29, 0.717) is 0 Å². The Morgan fingerprint density at radius 1 is 1.31 bits per heavy atom. The van der Waals surface area contributed by atoms with Crippen molar-refractivity contribution in [3.63, 3.8) is 0 Å². The van der Waals surface area contributed by atoms with Crippen LogP contribution in [0, 0.1) is 0 Å². The summed E-state index contributed by atoms with van der Waals surface area (Å²) in [5.74, 6) is 0. The fraction of sp³-hybridized carbons (Fsp3) is 0.818. The van der Waals surface area contributed by atoms with E-state index in [1.165, 1.54) is 18.5 Å². The molecule has 78 valence electrons. The largest absolute Gasteiger partial charge is 0.318 e. The molecule has 0 fully saturated rings. The van der Waals surface area contributed by atoms with E-state index in [1.807, 2.05) is 7.05 Å². The molecule has 0 unspecified atom stereocenters. The van der Waals surface area contributed by atoms with Gasteiger partial charge in [-0.3, -0.25) is 4.90 Å². The van der Waals surface area contributed by atoms with Crippen molar-refractivity contribution in [1.82, 2.24) is 10.2 Å². The Morgan fingerprint density at radius 3 is 2.46 bits per heavy atom. The second kappa shape index (κ2) is 8.27. The second-order valence-electron chi connectivity index (χ2n) is 3.69. The lowest BCUT2D eigenvalue weighted by Crippen LogP contribution is -2.31. The number of rotatable bonds is 7. The summed E-state index contributed by atoms with van der Waals surface area (Å²) < 4.78 is 0. The number of hydrogen-bond donors (Lipinski definition) is 1. The summed E-state index contributed by atoms with van der Waals surface area (Å²) in [5.41, 5.74) is 1.41. The van der Waals surface area contributed by atoms with Crippen molar-refractivity contribution in [1.29, 1.82) is 0 Å². The summed E-state index contributed by atoms with van der Waals surface area (Å²) in [6, 6.07) is 0. The molecule has 0 spiro atoms. The minimum atomic E-state index is 1.08. The third kappa shape index (κ3) is 8.00. The van der Waals surface area contributed by atoms with Gasteiger partial charge in [-0.1, -0.05) is 18.6 Å². The van der Waals surface area contributed by atoms with Gasteiger partial charge >= 0.3 is 0 Å². The summed E-state index contributed by atoms with van der Waals surface area (Å²) in [6.07, 6.45) is 3.53. The standard InChI is InChI=1S/C11H24N2/c1-5-8-13(10-7-12-4)9-6-11(2)3/h6,12H,5,7-10H2,1-4H3. The first-order valence-electron chi connectivity index (χ1n) is 5.21. The molecule has 0 bridgehead atoms. The number of allylic oxidation sites excluding steroid dienone is 1. The summed E-state index contributed by atoms with van der Waals surface area (Å²) >= 11 is 0. The second-order valence-corrected chi connectivity index (χ2v) is 3.69. The van der Waals surface area contributed by atoms with E-state index in [0.717, 1.165) is 19.6 Å². The van der Waals surface area contributed by atoms with E-state index >= 15 is 0 Å². The minimum absolute atomic E-state index is 1.08. The zero-order valence-electron chi connectivity index (χ0n) is 9.56. The normalized spacial score (nSPS) is 10.5. The van der Waals surface area contributed by atoms with Crippen LogP contribution in [0.1, 0.15) is 27.2 Å². The van der Waals surface area contributed by atoms with Crippen molar-refractivity contribution < 1.29 is 0 Å². The maximum atomic E-state index is 3.18. The Hall–Kier alpha value is -0.340. The third-order valence-corrected chi connectivity index (χ3v) is 1.98. The molecule has 0 aliphatic rings. The molecule has 0 atom stereocenters. The molecule has 1 N–H and O–H groups in total. The Bertz CT molecular complexity index is 137. The molecule has 2 heteroatoms. The van der Waals surface area contributed by atoms with Gasteiger partial charge < -0.3 is 5.32 Å². The monoisotopic (exact) mass is 184 g/mol. The molecule has 0 saturated heterocycles. The van der Waals surface area contributed by atoms with Crippen LogP contribution in [-0.4, -0.2) is 38.1 Å². The van der Waals surface area contributed by atoms with Crippen LogP contribution in [0.2, 0.25) is 0 Å². The highest BCUT2D eigenvalue weighted by molar-refractivity contribution is 4.94. The van der Waals surface area contributed by atoms with E-state index in [-0.39, 0.29) is 0 Å². The van der Waals surface area contributed by atoms with E-state index in [1.54, 1.807) is 0 Å². The quantitative estimate of drug-likeness (QED) is 0.608. The van der Waals surface area contributed by atoms with Crippen LogP contribution in [-0.2, 0) is 0 Å². The number of nitrogens with one attached hydrogen (secondary N) is 1. The van der Waals surface area contributed by atoms with Crippen molar-refractivity contribution in [2.24, 2.45) is 0 Å². The number of nitrogens with zero attached hydrogens (tertiary/aromatic N) is 1. The molecule has 0 radical (unpaired) electrons. The van der Waals surface area contributed by atoms with Crippen molar-refractivity contribution in [3.8, 4) is 0 Å². The van der Waals surface area contributed by atoms with Gasteiger partial charge in [0.15, 0.2) is 0 Å². The van der Waals surface area contributed by atoms with Gasteiger partial charge in [0.05, 0.1) is 0 Å².